The van der Waals surface area contributed by atoms with Crippen molar-refractivity contribution in [1.82, 2.24) is 0 Å². The molecular formula is C9H11NO. The standard InChI is InChI=1S/C9H11NO/c1-2-4-7-8(10)5-3-6-9(7)11/h2,4,10H,1,3,5-6H2/b7-4-,10-8?. The molecule has 58 valence electrons. The zero-order valence-electron chi connectivity index (χ0n) is 6.39. The van der Waals surface area contributed by atoms with Gasteiger partial charge in [0.15, 0.2) is 5.78 Å². The molecular weight excluding hydrogens is 138 g/mol. The maximum atomic E-state index is 11.1. The highest BCUT2D eigenvalue weighted by molar-refractivity contribution is 6.22. The molecule has 1 aliphatic rings. The molecule has 0 aromatic carbocycles. The lowest BCUT2D eigenvalue weighted by Gasteiger charge is -2.12. The van der Waals surface area contributed by atoms with E-state index in [9.17, 15) is 4.79 Å². The minimum Gasteiger partial charge on any atom is -0.305 e. The highest BCUT2D eigenvalue weighted by Gasteiger charge is 2.18. The summed E-state index contributed by atoms with van der Waals surface area (Å²) in [5.74, 6) is 0.0844. The number of hydrogen-bond donors (Lipinski definition) is 1. The lowest BCUT2D eigenvalue weighted by Crippen LogP contribution is -2.17. The summed E-state index contributed by atoms with van der Waals surface area (Å²) in [4.78, 5) is 11.1. The number of allylic oxidation sites excluding steroid dienone is 3. The predicted molar refractivity (Wildman–Crippen MR) is 44.9 cm³/mol. The SMILES string of the molecule is C=C/C=C1/C(=N)CCCC1=O. The van der Waals surface area contributed by atoms with Crippen molar-refractivity contribution >= 4 is 11.5 Å². The zero-order chi connectivity index (χ0) is 8.27. The van der Waals surface area contributed by atoms with Crippen LogP contribution in [0.25, 0.3) is 0 Å². The molecule has 0 atom stereocenters. The van der Waals surface area contributed by atoms with Gasteiger partial charge in [0.2, 0.25) is 0 Å². The zero-order valence-corrected chi connectivity index (χ0v) is 6.39. The van der Waals surface area contributed by atoms with E-state index in [1.54, 1.807) is 12.2 Å². The summed E-state index contributed by atoms with van der Waals surface area (Å²) >= 11 is 0. The molecule has 0 aromatic heterocycles. The molecule has 11 heavy (non-hydrogen) atoms. The summed E-state index contributed by atoms with van der Waals surface area (Å²) in [5.41, 5.74) is 1.01. The van der Waals surface area contributed by atoms with Crippen molar-refractivity contribution in [3.05, 3.63) is 24.3 Å². The molecule has 0 aromatic rings. The van der Waals surface area contributed by atoms with Crippen LogP contribution < -0.4 is 0 Å². The number of carbonyl (C=O) groups is 1. The smallest absolute Gasteiger partial charge is 0.164 e. The Morgan fingerprint density at radius 1 is 1.45 bits per heavy atom. The van der Waals surface area contributed by atoms with Crippen LogP contribution in [0.4, 0.5) is 0 Å². The van der Waals surface area contributed by atoms with E-state index in [1.807, 2.05) is 0 Å². The summed E-state index contributed by atoms with van der Waals surface area (Å²) in [6.45, 7) is 3.50. The Balaban J connectivity index is 2.87. The van der Waals surface area contributed by atoms with Gasteiger partial charge in [-0.15, -0.1) is 0 Å². The molecule has 0 amide bonds. The van der Waals surface area contributed by atoms with Gasteiger partial charge in [0, 0.05) is 17.7 Å². The van der Waals surface area contributed by atoms with Crippen LogP contribution in [-0.4, -0.2) is 11.5 Å². The van der Waals surface area contributed by atoms with E-state index in [4.69, 9.17) is 5.41 Å². The van der Waals surface area contributed by atoms with Crippen LogP contribution in [0.5, 0.6) is 0 Å². The third-order valence-electron chi connectivity index (χ3n) is 1.74. The first-order valence-electron chi connectivity index (χ1n) is 3.69. The quantitative estimate of drug-likeness (QED) is 0.568. The van der Waals surface area contributed by atoms with Gasteiger partial charge >= 0.3 is 0 Å². The molecule has 0 saturated heterocycles. The van der Waals surface area contributed by atoms with E-state index in [-0.39, 0.29) is 5.78 Å². The molecule has 2 heteroatoms. The van der Waals surface area contributed by atoms with Gasteiger partial charge in [0.1, 0.15) is 0 Å². The van der Waals surface area contributed by atoms with Crippen LogP contribution in [-0.2, 0) is 4.79 Å². The monoisotopic (exact) mass is 149 g/mol. The van der Waals surface area contributed by atoms with E-state index in [0.29, 0.717) is 17.7 Å². The molecule has 2 nitrogen and oxygen atoms in total. The third-order valence-corrected chi connectivity index (χ3v) is 1.74. The molecule has 1 aliphatic carbocycles. The van der Waals surface area contributed by atoms with Crippen LogP contribution in [0, 0.1) is 5.41 Å². The summed E-state index contributed by atoms with van der Waals surface area (Å²) in [7, 11) is 0. The van der Waals surface area contributed by atoms with Gasteiger partial charge in [-0.25, -0.2) is 0 Å². The van der Waals surface area contributed by atoms with Crippen LogP contribution in [0.3, 0.4) is 0 Å². The molecule has 0 radical (unpaired) electrons. The number of rotatable bonds is 1. The molecule has 0 heterocycles. The summed E-state index contributed by atoms with van der Waals surface area (Å²) < 4.78 is 0. The number of nitrogens with one attached hydrogen (secondary N) is 1. The number of Topliss-reactive ketones (excluding diaryl/α,β-unsaturated/α-hetero) is 1. The Hall–Kier alpha value is -1.18. The summed E-state index contributed by atoms with van der Waals surface area (Å²) in [5, 5.41) is 7.44. The van der Waals surface area contributed by atoms with Gasteiger partial charge in [-0.05, 0) is 12.8 Å². The fraction of sp³-hybridized carbons (Fsp3) is 0.333. The van der Waals surface area contributed by atoms with E-state index >= 15 is 0 Å². The predicted octanol–water partition coefficient (Wildman–Crippen LogP) is 1.87. The Morgan fingerprint density at radius 2 is 2.18 bits per heavy atom. The molecule has 0 unspecified atom stereocenters. The maximum Gasteiger partial charge on any atom is 0.164 e. The fourth-order valence-corrected chi connectivity index (χ4v) is 1.17. The molecule has 0 bridgehead atoms. The number of carbonyl (C=O) groups excluding carboxylic acids is 1. The molecule has 1 rings (SSSR count). The first kappa shape index (κ1) is 7.92. The normalized spacial score (nSPS) is 22.4. The average Bonchev–Trinajstić information content (AvgIpc) is 1.97. The van der Waals surface area contributed by atoms with Gasteiger partial charge in [0.05, 0.1) is 0 Å². The van der Waals surface area contributed by atoms with Crippen LogP contribution in [0.2, 0.25) is 0 Å². The van der Waals surface area contributed by atoms with Crippen molar-refractivity contribution in [3.63, 3.8) is 0 Å². The Morgan fingerprint density at radius 3 is 2.73 bits per heavy atom. The number of hydrogen-bond acceptors (Lipinski definition) is 2. The van der Waals surface area contributed by atoms with Gasteiger partial charge in [-0.3, -0.25) is 4.79 Å². The largest absolute Gasteiger partial charge is 0.305 e. The molecule has 0 aliphatic heterocycles. The first-order valence-corrected chi connectivity index (χ1v) is 3.69. The van der Waals surface area contributed by atoms with Crippen molar-refractivity contribution in [2.45, 2.75) is 19.3 Å². The summed E-state index contributed by atoms with van der Waals surface area (Å²) in [6, 6.07) is 0. The van der Waals surface area contributed by atoms with E-state index in [0.717, 1.165) is 12.8 Å². The second-order valence-electron chi connectivity index (χ2n) is 2.57. The highest BCUT2D eigenvalue weighted by atomic mass is 16.1. The minimum atomic E-state index is 0.0844. The van der Waals surface area contributed by atoms with Crippen LogP contribution in [0.1, 0.15) is 19.3 Å². The van der Waals surface area contributed by atoms with Gasteiger partial charge < -0.3 is 5.41 Å². The van der Waals surface area contributed by atoms with Gasteiger partial charge in [-0.1, -0.05) is 18.7 Å². The Labute approximate surface area is 66.1 Å². The lowest BCUT2D eigenvalue weighted by molar-refractivity contribution is -0.115. The second-order valence-corrected chi connectivity index (χ2v) is 2.57. The topological polar surface area (TPSA) is 40.9 Å². The average molecular weight is 149 g/mol. The van der Waals surface area contributed by atoms with Crippen LogP contribution in [0.15, 0.2) is 24.3 Å². The fourth-order valence-electron chi connectivity index (χ4n) is 1.17. The summed E-state index contributed by atoms with van der Waals surface area (Å²) in [6.07, 6.45) is 5.33. The molecule has 1 N–H and O–H groups in total. The maximum absolute atomic E-state index is 11.1. The van der Waals surface area contributed by atoms with E-state index < -0.39 is 0 Å². The second kappa shape index (κ2) is 3.28. The lowest BCUT2D eigenvalue weighted by atomic mass is 9.91. The van der Waals surface area contributed by atoms with Gasteiger partial charge in [0.25, 0.3) is 0 Å². The van der Waals surface area contributed by atoms with E-state index in [1.165, 1.54) is 0 Å². The third kappa shape index (κ3) is 1.64. The molecule has 1 fully saturated rings. The van der Waals surface area contributed by atoms with Crippen LogP contribution >= 0.6 is 0 Å². The van der Waals surface area contributed by atoms with Crippen molar-refractivity contribution in [2.24, 2.45) is 0 Å². The van der Waals surface area contributed by atoms with Crippen molar-refractivity contribution in [3.8, 4) is 0 Å². The molecule has 1 saturated carbocycles. The Kier molecular flexibility index (Phi) is 2.36. The van der Waals surface area contributed by atoms with Crippen molar-refractivity contribution < 1.29 is 4.79 Å². The van der Waals surface area contributed by atoms with Crippen molar-refractivity contribution in [1.29, 1.82) is 5.41 Å². The van der Waals surface area contributed by atoms with Gasteiger partial charge in [-0.2, -0.15) is 0 Å². The number of ketones is 1. The highest BCUT2D eigenvalue weighted by Crippen LogP contribution is 2.16. The minimum absolute atomic E-state index is 0.0844. The molecule has 0 spiro atoms. The first-order chi connectivity index (χ1) is 5.25. The Bertz CT molecular complexity index is 220. The van der Waals surface area contributed by atoms with E-state index in [2.05, 4.69) is 6.58 Å². The van der Waals surface area contributed by atoms with Crippen molar-refractivity contribution in [2.75, 3.05) is 0 Å².